The number of benzene rings is 2. The minimum atomic E-state index is -0.687. The maximum atomic E-state index is 10.9. The molecule has 0 amide bonds. The van der Waals surface area contributed by atoms with Gasteiger partial charge in [-0.1, -0.05) is 29.8 Å². The van der Waals surface area contributed by atoms with E-state index < -0.39 is 5.60 Å². The molecular formula is C18H19ClO2. The molecule has 0 aliphatic heterocycles. The van der Waals surface area contributed by atoms with Gasteiger partial charge in [0.05, 0.1) is 12.7 Å². The quantitative estimate of drug-likeness (QED) is 0.934. The summed E-state index contributed by atoms with van der Waals surface area (Å²) in [4.78, 5) is 0. The Morgan fingerprint density at radius 2 is 1.90 bits per heavy atom. The zero-order valence-electron chi connectivity index (χ0n) is 12.1. The Morgan fingerprint density at radius 3 is 2.62 bits per heavy atom. The van der Waals surface area contributed by atoms with E-state index in [0.29, 0.717) is 12.8 Å². The summed E-state index contributed by atoms with van der Waals surface area (Å²) in [7, 11) is 1.67. The topological polar surface area (TPSA) is 29.5 Å². The average Bonchev–Trinajstić information content (AvgIpc) is 2.48. The first kappa shape index (κ1) is 14.4. The number of fused-ring (bicyclic) bond motifs is 1. The van der Waals surface area contributed by atoms with E-state index in [4.69, 9.17) is 16.3 Å². The van der Waals surface area contributed by atoms with Gasteiger partial charge in [0.25, 0.3) is 0 Å². The van der Waals surface area contributed by atoms with Crippen molar-refractivity contribution in [3.8, 4) is 5.75 Å². The maximum Gasteiger partial charge on any atom is 0.119 e. The van der Waals surface area contributed by atoms with E-state index in [1.165, 1.54) is 11.1 Å². The second kappa shape index (κ2) is 5.70. The van der Waals surface area contributed by atoms with Gasteiger partial charge in [-0.15, -0.1) is 0 Å². The zero-order chi connectivity index (χ0) is 14.9. The number of methoxy groups -OCH3 is 1. The number of aryl methyl sites for hydroxylation is 1. The molecule has 0 spiro atoms. The molecule has 1 aliphatic carbocycles. The Hall–Kier alpha value is -1.51. The van der Waals surface area contributed by atoms with Crippen LogP contribution in [0.3, 0.4) is 0 Å². The summed E-state index contributed by atoms with van der Waals surface area (Å²) in [6.07, 6.45) is 3.02. The molecule has 0 bridgehead atoms. The molecule has 0 fully saturated rings. The van der Waals surface area contributed by atoms with Crippen LogP contribution in [0.4, 0.5) is 0 Å². The standard InChI is InChI=1S/C18H19ClO2/c1-21-17-7-4-14-8-9-18(20,12-15(14)10-17)11-13-2-5-16(19)6-3-13/h2-7,10,20H,8-9,11-12H2,1H3. The number of hydrogen-bond acceptors (Lipinski definition) is 2. The minimum absolute atomic E-state index is 0.654. The molecule has 3 heteroatoms. The number of aliphatic hydroxyl groups is 1. The SMILES string of the molecule is COc1ccc2c(c1)CC(O)(Cc1ccc(Cl)cc1)CC2. The lowest BCUT2D eigenvalue weighted by Crippen LogP contribution is -2.38. The third-order valence-corrected chi connectivity index (χ3v) is 4.49. The summed E-state index contributed by atoms with van der Waals surface area (Å²) in [6.45, 7) is 0. The van der Waals surface area contributed by atoms with Gasteiger partial charge in [0.15, 0.2) is 0 Å². The van der Waals surface area contributed by atoms with E-state index in [9.17, 15) is 5.11 Å². The van der Waals surface area contributed by atoms with Crippen molar-refractivity contribution >= 4 is 11.6 Å². The average molecular weight is 303 g/mol. The molecule has 3 rings (SSSR count). The third-order valence-electron chi connectivity index (χ3n) is 4.24. The third kappa shape index (κ3) is 3.22. The summed E-state index contributed by atoms with van der Waals surface area (Å²) >= 11 is 5.91. The van der Waals surface area contributed by atoms with Crippen LogP contribution in [0, 0.1) is 0 Å². The van der Waals surface area contributed by atoms with Gasteiger partial charge in [0, 0.05) is 17.9 Å². The number of rotatable bonds is 3. The van der Waals surface area contributed by atoms with Crippen molar-refractivity contribution in [2.45, 2.75) is 31.3 Å². The summed E-state index contributed by atoms with van der Waals surface area (Å²) in [5.41, 5.74) is 2.94. The normalized spacial score (nSPS) is 20.9. The lowest BCUT2D eigenvalue weighted by Gasteiger charge is -2.34. The van der Waals surface area contributed by atoms with E-state index in [-0.39, 0.29) is 0 Å². The van der Waals surface area contributed by atoms with Gasteiger partial charge in [0.1, 0.15) is 5.75 Å². The molecule has 0 radical (unpaired) electrons. The Morgan fingerprint density at radius 1 is 1.14 bits per heavy atom. The highest BCUT2D eigenvalue weighted by atomic mass is 35.5. The second-order valence-electron chi connectivity index (χ2n) is 5.84. The van der Waals surface area contributed by atoms with Gasteiger partial charge < -0.3 is 9.84 Å². The van der Waals surface area contributed by atoms with Gasteiger partial charge in [0.2, 0.25) is 0 Å². The number of ether oxygens (including phenoxy) is 1. The number of halogens is 1. The summed E-state index contributed by atoms with van der Waals surface area (Å²) in [5, 5.41) is 11.7. The van der Waals surface area contributed by atoms with Crippen LogP contribution in [-0.4, -0.2) is 17.8 Å². The fourth-order valence-corrected chi connectivity index (χ4v) is 3.21. The van der Waals surface area contributed by atoms with Crippen LogP contribution >= 0.6 is 11.6 Å². The van der Waals surface area contributed by atoms with Crippen LogP contribution in [0.2, 0.25) is 5.02 Å². The van der Waals surface area contributed by atoms with Crippen LogP contribution in [0.5, 0.6) is 5.75 Å². The molecule has 1 aliphatic rings. The minimum Gasteiger partial charge on any atom is -0.497 e. The van der Waals surface area contributed by atoms with E-state index in [0.717, 1.165) is 29.2 Å². The highest BCUT2D eigenvalue weighted by Crippen LogP contribution is 2.33. The predicted octanol–water partition coefficient (Wildman–Crippen LogP) is 3.81. The van der Waals surface area contributed by atoms with Crippen molar-refractivity contribution in [3.05, 3.63) is 64.2 Å². The van der Waals surface area contributed by atoms with E-state index in [1.54, 1.807) is 7.11 Å². The smallest absolute Gasteiger partial charge is 0.119 e. The molecule has 21 heavy (non-hydrogen) atoms. The highest BCUT2D eigenvalue weighted by Gasteiger charge is 2.32. The summed E-state index contributed by atoms with van der Waals surface area (Å²) in [6, 6.07) is 13.9. The van der Waals surface area contributed by atoms with Gasteiger partial charge in [-0.25, -0.2) is 0 Å². The molecule has 110 valence electrons. The maximum absolute atomic E-state index is 10.9. The fourth-order valence-electron chi connectivity index (χ4n) is 3.08. The van der Waals surface area contributed by atoms with Crippen LogP contribution in [-0.2, 0) is 19.3 Å². The molecule has 0 saturated heterocycles. The van der Waals surface area contributed by atoms with Crippen LogP contribution in [0.1, 0.15) is 23.1 Å². The molecule has 1 atom stereocenters. The molecule has 1 N–H and O–H groups in total. The first-order valence-corrected chi connectivity index (χ1v) is 7.58. The first-order valence-electron chi connectivity index (χ1n) is 7.21. The molecular weight excluding hydrogens is 284 g/mol. The molecule has 2 aromatic carbocycles. The van der Waals surface area contributed by atoms with Crippen molar-refractivity contribution < 1.29 is 9.84 Å². The van der Waals surface area contributed by atoms with Crippen molar-refractivity contribution in [2.24, 2.45) is 0 Å². The first-order chi connectivity index (χ1) is 10.1. The largest absolute Gasteiger partial charge is 0.497 e. The monoisotopic (exact) mass is 302 g/mol. The number of hydrogen-bond donors (Lipinski definition) is 1. The molecule has 2 nitrogen and oxygen atoms in total. The van der Waals surface area contributed by atoms with Gasteiger partial charge in [-0.3, -0.25) is 0 Å². The Balaban J connectivity index is 1.81. The van der Waals surface area contributed by atoms with Crippen molar-refractivity contribution in [1.82, 2.24) is 0 Å². The van der Waals surface area contributed by atoms with Crippen molar-refractivity contribution in [1.29, 1.82) is 0 Å². The zero-order valence-corrected chi connectivity index (χ0v) is 12.9. The summed E-state index contributed by atoms with van der Waals surface area (Å²) < 4.78 is 5.28. The van der Waals surface area contributed by atoms with E-state index >= 15 is 0 Å². The molecule has 1 unspecified atom stereocenters. The predicted molar refractivity (Wildman–Crippen MR) is 85.1 cm³/mol. The highest BCUT2D eigenvalue weighted by molar-refractivity contribution is 6.30. The fraction of sp³-hybridized carbons (Fsp3) is 0.333. The molecule has 2 aromatic rings. The lowest BCUT2D eigenvalue weighted by molar-refractivity contribution is 0.0267. The Labute approximate surface area is 130 Å². The molecule has 0 heterocycles. The van der Waals surface area contributed by atoms with Crippen LogP contribution < -0.4 is 4.74 Å². The second-order valence-corrected chi connectivity index (χ2v) is 6.28. The van der Waals surface area contributed by atoms with E-state index in [2.05, 4.69) is 6.07 Å². The van der Waals surface area contributed by atoms with Gasteiger partial charge in [-0.2, -0.15) is 0 Å². The molecule has 0 saturated carbocycles. The van der Waals surface area contributed by atoms with Gasteiger partial charge in [-0.05, 0) is 53.8 Å². The van der Waals surface area contributed by atoms with Crippen molar-refractivity contribution in [3.63, 3.8) is 0 Å². The van der Waals surface area contributed by atoms with Gasteiger partial charge >= 0.3 is 0 Å². The van der Waals surface area contributed by atoms with Crippen molar-refractivity contribution in [2.75, 3.05) is 7.11 Å². The Bertz CT molecular complexity index is 636. The lowest BCUT2D eigenvalue weighted by atomic mass is 9.77. The van der Waals surface area contributed by atoms with E-state index in [1.807, 2.05) is 36.4 Å². The Kier molecular flexibility index (Phi) is 3.92. The van der Waals surface area contributed by atoms with Crippen LogP contribution in [0.25, 0.3) is 0 Å². The summed E-state index contributed by atoms with van der Waals surface area (Å²) in [5.74, 6) is 0.851. The molecule has 0 aromatic heterocycles. The van der Waals surface area contributed by atoms with Crippen LogP contribution in [0.15, 0.2) is 42.5 Å².